The first-order valence-electron chi connectivity index (χ1n) is 6.74. The first-order chi connectivity index (χ1) is 8.53. The van der Waals surface area contributed by atoms with Crippen molar-refractivity contribution in [3.8, 4) is 0 Å². The SMILES string of the molecule is CN(CCC(=O)O)C(=O)NCC1(C2CC2)CCC1. The molecule has 18 heavy (non-hydrogen) atoms. The summed E-state index contributed by atoms with van der Waals surface area (Å²) in [6.45, 7) is 1.02. The fourth-order valence-corrected chi connectivity index (χ4v) is 2.81. The van der Waals surface area contributed by atoms with E-state index < -0.39 is 5.97 Å². The van der Waals surface area contributed by atoms with Crippen molar-refractivity contribution < 1.29 is 14.7 Å². The zero-order valence-electron chi connectivity index (χ0n) is 10.9. The Balaban J connectivity index is 1.72. The number of nitrogens with one attached hydrogen (secondary N) is 1. The van der Waals surface area contributed by atoms with Crippen LogP contribution in [0.1, 0.15) is 38.5 Å². The maximum atomic E-state index is 11.8. The molecule has 0 aromatic heterocycles. The van der Waals surface area contributed by atoms with Gasteiger partial charge in [-0.1, -0.05) is 6.42 Å². The Morgan fingerprint density at radius 1 is 1.39 bits per heavy atom. The molecule has 2 rings (SSSR count). The number of aliphatic carboxylic acids is 1. The highest BCUT2D eigenvalue weighted by atomic mass is 16.4. The second kappa shape index (κ2) is 5.16. The molecule has 0 aromatic carbocycles. The third-order valence-corrected chi connectivity index (χ3v) is 4.39. The van der Waals surface area contributed by atoms with Crippen molar-refractivity contribution >= 4 is 12.0 Å². The van der Waals surface area contributed by atoms with Gasteiger partial charge in [0.2, 0.25) is 0 Å². The molecule has 0 bridgehead atoms. The lowest BCUT2D eigenvalue weighted by atomic mass is 9.65. The predicted octanol–water partition coefficient (Wildman–Crippen LogP) is 1.68. The normalized spacial score (nSPS) is 20.9. The van der Waals surface area contributed by atoms with Gasteiger partial charge in [0, 0.05) is 20.1 Å². The molecule has 5 heteroatoms. The van der Waals surface area contributed by atoms with Gasteiger partial charge in [0.05, 0.1) is 6.42 Å². The van der Waals surface area contributed by atoms with E-state index in [-0.39, 0.29) is 19.0 Å². The molecular weight excluding hydrogens is 232 g/mol. The molecule has 2 fully saturated rings. The van der Waals surface area contributed by atoms with E-state index in [9.17, 15) is 9.59 Å². The zero-order chi connectivity index (χ0) is 13.2. The highest BCUT2D eigenvalue weighted by Crippen LogP contribution is 2.56. The Hall–Kier alpha value is -1.26. The first-order valence-corrected chi connectivity index (χ1v) is 6.74. The van der Waals surface area contributed by atoms with Gasteiger partial charge in [-0.3, -0.25) is 4.79 Å². The summed E-state index contributed by atoms with van der Waals surface area (Å²) in [5.74, 6) is -0.0565. The molecular formula is C13H22N2O3. The van der Waals surface area contributed by atoms with Gasteiger partial charge in [-0.15, -0.1) is 0 Å². The standard InChI is InChI=1S/C13H22N2O3/c1-15(8-5-11(16)17)12(18)14-9-13(6-2-7-13)10-3-4-10/h10H,2-9H2,1H3,(H,14,18)(H,16,17). The van der Waals surface area contributed by atoms with Gasteiger partial charge in [-0.2, -0.15) is 0 Å². The van der Waals surface area contributed by atoms with Gasteiger partial charge in [0.25, 0.3) is 0 Å². The van der Waals surface area contributed by atoms with Crippen LogP contribution in [0.5, 0.6) is 0 Å². The number of carbonyl (C=O) groups excluding carboxylic acids is 1. The quantitative estimate of drug-likeness (QED) is 0.757. The first kappa shape index (κ1) is 13.2. The fourth-order valence-electron chi connectivity index (χ4n) is 2.81. The summed E-state index contributed by atoms with van der Waals surface area (Å²) in [5.41, 5.74) is 0.364. The summed E-state index contributed by atoms with van der Waals surface area (Å²) >= 11 is 0. The van der Waals surface area contributed by atoms with Crippen LogP contribution in [-0.4, -0.2) is 42.1 Å². The third kappa shape index (κ3) is 2.94. The highest BCUT2D eigenvalue weighted by molar-refractivity contribution is 5.75. The molecule has 0 unspecified atom stereocenters. The van der Waals surface area contributed by atoms with E-state index >= 15 is 0 Å². The van der Waals surface area contributed by atoms with Crippen LogP contribution in [0, 0.1) is 11.3 Å². The summed E-state index contributed by atoms with van der Waals surface area (Å²) in [5, 5.41) is 11.5. The maximum absolute atomic E-state index is 11.8. The second-order valence-electron chi connectivity index (χ2n) is 5.71. The second-order valence-corrected chi connectivity index (χ2v) is 5.71. The van der Waals surface area contributed by atoms with E-state index in [1.165, 1.54) is 37.0 Å². The van der Waals surface area contributed by atoms with Crippen LogP contribution in [0.4, 0.5) is 4.79 Å². The van der Waals surface area contributed by atoms with Gasteiger partial charge >= 0.3 is 12.0 Å². The van der Waals surface area contributed by atoms with E-state index in [0.29, 0.717) is 5.41 Å². The van der Waals surface area contributed by atoms with E-state index in [1.807, 2.05) is 0 Å². The van der Waals surface area contributed by atoms with Crippen LogP contribution in [0.25, 0.3) is 0 Å². The van der Waals surface area contributed by atoms with E-state index in [1.54, 1.807) is 7.05 Å². The molecule has 0 atom stereocenters. The molecule has 0 saturated heterocycles. The van der Waals surface area contributed by atoms with Crippen LogP contribution in [0.3, 0.4) is 0 Å². The molecule has 2 aliphatic carbocycles. The molecule has 102 valence electrons. The van der Waals surface area contributed by atoms with Crippen LogP contribution < -0.4 is 5.32 Å². The van der Waals surface area contributed by atoms with Crippen LogP contribution in [0.15, 0.2) is 0 Å². The number of hydrogen-bond acceptors (Lipinski definition) is 2. The minimum absolute atomic E-state index is 0.00229. The number of amides is 2. The Kier molecular flexibility index (Phi) is 3.78. The molecule has 2 saturated carbocycles. The Morgan fingerprint density at radius 3 is 2.50 bits per heavy atom. The van der Waals surface area contributed by atoms with Crippen molar-refractivity contribution in [2.45, 2.75) is 38.5 Å². The lowest BCUT2D eigenvalue weighted by molar-refractivity contribution is -0.137. The summed E-state index contributed by atoms with van der Waals surface area (Å²) in [7, 11) is 1.64. The zero-order valence-corrected chi connectivity index (χ0v) is 10.9. The summed E-state index contributed by atoms with van der Waals surface area (Å²) in [4.78, 5) is 23.7. The molecule has 0 spiro atoms. The topological polar surface area (TPSA) is 69.6 Å². The molecule has 2 amide bonds. The third-order valence-electron chi connectivity index (χ3n) is 4.39. The van der Waals surface area contributed by atoms with E-state index in [0.717, 1.165) is 12.5 Å². The Morgan fingerprint density at radius 2 is 2.06 bits per heavy atom. The van der Waals surface area contributed by atoms with Crippen molar-refractivity contribution in [3.05, 3.63) is 0 Å². The van der Waals surface area contributed by atoms with Crippen LogP contribution >= 0.6 is 0 Å². The van der Waals surface area contributed by atoms with Crippen molar-refractivity contribution in [1.82, 2.24) is 10.2 Å². The number of carboxylic acid groups (broad SMARTS) is 1. The molecule has 2 aliphatic rings. The van der Waals surface area contributed by atoms with E-state index in [4.69, 9.17) is 5.11 Å². The smallest absolute Gasteiger partial charge is 0.317 e. The minimum atomic E-state index is -0.872. The lowest BCUT2D eigenvalue weighted by Crippen LogP contribution is -2.47. The van der Waals surface area contributed by atoms with Gasteiger partial charge in [-0.05, 0) is 37.0 Å². The monoisotopic (exact) mass is 254 g/mol. The van der Waals surface area contributed by atoms with Crippen molar-refractivity contribution in [1.29, 1.82) is 0 Å². The molecule has 0 aromatic rings. The average molecular weight is 254 g/mol. The van der Waals surface area contributed by atoms with Gasteiger partial charge < -0.3 is 15.3 Å². The molecule has 2 N–H and O–H groups in total. The minimum Gasteiger partial charge on any atom is -0.481 e. The average Bonchev–Trinajstić information content (AvgIpc) is 3.08. The van der Waals surface area contributed by atoms with Gasteiger partial charge in [0.15, 0.2) is 0 Å². The summed E-state index contributed by atoms with van der Waals surface area (Å²) in [6.07, 6.45) is 6.36. The molecule has 0 heterocycles. The molecule has 0 aliphatic heterocycles. The summed E-state index contributed by atoms with van der Waals surface area (Å²) in [6, 6.07) is -0.150. The van der Waals surface area contributed by atoms with Crippen molar-refractivity contribution in [2.24, 2.45) is 11.3 Å². The number of carboxylic acids is 1. The number of rotatable bonds is 6. The van der Waals surface area contributed by atoms with Crippen molar-refractivity contribution in [2.75, 3.05) is 20.1 Å². The largest absolute Gasteiger partial charge is 0.481 e. The number of nitrogens with zero attached hydrogens (tertiary/aromatic N) is 1. The lowest BCUT2D eigenvalue weighted by Gasteiger charge is -2.43. The molecule has 5 nitrogen and oxygen atoms in total. The predicted molar refractivity (Wildman–Crippen MR) is 67.3 cm³/mol. The number of carbonyl (C=O) groups is 2. The van der Waals surface area contributed by atoms with E-state index in [2.05, 4.69) is 5.32 Å². The molecule has 0 radical (unpaired) electrons. The maximum Gasteiger partial charge on any atom is 0.317 e. The fraction of sp³-hybridized carbons (Fsp3) is 0.846. The van der Waals surface area contributed by atoms with Crippen molar-refractivity contribution in [3.63, 3.8) is 0 Å². The van der Waals surface area contributed by atoms with Crippen LogP contribution in [0.2, 0.25) is 0 Å². The summed E-state index contributed by atoms with van der Waals surface area (Å²) < 4.78 is 0. The highest BCUT2D eigenvalue weighted by Gasteiger charge is 2.48. The van der Waals surface area contributed by atoms with Gasteiger partial charge in [0.1, 0.15) is 0 Å². The van der Waals surface area contributed by atoms with Gasteiger partial charge in [-0.25, -0.2) is 4.79 Å². The Labute approximate surface area is 108 Å². The number of urea groups is 1. The van der Waals surface area contributed by atoms with Crippen LogP contribution in [-0.2, 0) is 4.79 Å². The Bertz CT molecular complexity index is 335. The number of hydrogen-bond donors (Lipinski definition) is 2.